The van der Waals surface area contributed by atoms with Crippen LogP contribution in [0.15, 0.2) is 48.5 Å². The topological polar surface area (TPSA) is 67.8 Å². The summed E-state index contributed by atoms with van der Waals surface area (Å²) in [7, 11) is 4.02. The molecule has 2 amide bonds. The van der Waals surface area contributed by atoms with Gasteiger partial charge in [-0.15, -0.1) is 0 Å². The molecule has 1 aliphatic rings. The van der Waals surface area contributed by atoms with Gasteiger partial charge in [-0.05, 0) is 49.2 Å². The molecule has 3 rings (SSSR count). The van der Waals surface area contributed by atoms with E-state index in [0.717, 1.165) is 25.9 Å². The number of carbonyl (C=O) groups is 1. The SMILES string of the molecule is CCc1ccc(C(CNC(=O)NCC(O)CN2CCc3ccccc3C2)N(C)C)cc1. The van der Waals surface area contributed by atoms with Crippen LogP contribution in [0.3, 0.4) is 0 Å². The Hall–Kier alpha value is -2.41. The number of aliphatic hydroxyl groups is 1. The van der Waals surface area contributed by atoms with Crippen LogP contribution in [0.1, 0.15) is 35.2 Å². The lowest BCUT2D eigenvalue weighted by molar-refractivity contribution is 0.105. The molecular formula is C25H36N4O2. The number of likely N-dealkylation sites (N-methyl/N-ethyl adjacent to an activating group) is 1. The number of urea groups is 1. The van der Waals surface area contributed by atoms with Gasteiger partial charge in [-0.1, -0.05) is 55.5 Å². The van der Waals surface area contributed by atoms with Crippen molar-refractivity contribution in [2.45, 2.75) is 38.5 Å². The van der Waals surface area contributed by atoms with Gasteiger partial charge in [-0.3, -0.25) is 4.90 Å². The van der Waals surface area contributed by atoms with E-state index in [1.54, 1.807) is 0 Å². The molecule has 6 heteroatoms. The number of amides is 2. The average Bonchev–Trinajstić information content (AvgIpc) is 2.78. The molecule has 0 aromatic heterocycles. The second-order valence-electron chi connectivity index (χ2n) is 8.57. The molecule has 0 spiro atoms. The summed E-state index contributed by atoms with van der Waals surface area (Å²) < 4.78 is 0. The van der Waals surface area contributed by atoms with E-state index in [0.29, 0.717) is 13.1 Å². The summed E-state index contributed by atoms with van der Waals surface area (Å²) in [6.45, 7) is 5.22. The molecule has 2 atom stereocenters. The molecule has 0 saturated carbocycles. The summed E-state index contributed by atoms with van der Waals surface area (Å²) in [5, 5.41) is 16.2. The van der Waals surface area contributed by atoms with Crippen molar-refractivity contribution >= 4 is 6.03 Å². The van der Waals surface area contributed by atoms with Crippen molar-refractivity contribution in [3.63, 3.8) is 0 Å². The van der Waals surface area contributed by atoms with Crippen LogP contribution in [0.25, 0.3) is 0 Å². The van der Waals surface area contributed by atoms with Gasteiger partial charge in [0.15, 0.2) is 0 Å². The Morgan fingerprint density at radius 3 is 2.42 bits per heavy atom. The van der Waals surface area contributed by atoms with E-state index in [-0.39, 0.29) is 18.6 Å². The molecule has 2 unspecified atom stereocenters. The van der Waals surface area contributed by atoms with E-state index in [9.17, 15) is 9.90 Å². The van der Waals surface area contributed by atoms with Crippen molar-refractivity contribution in [2.75, 3.05) is 40.3 Å². The number of nitrogens with one attached hydrogen (secondary N) is 2. The Labute approximate surface area is 186 Å². The second-order valence-corrected chi connectivity index (χ2v) is 8.57. The quantitative estimate of drug-likeness (QED) is 0.579. The minimum absolute atomic E-state index is 0.0926. The monoisotopic (exact) mass is 424 g/mol. The van der Waals surface area contributed by atoms with Crippen molar-refractivity contribution in [3.05, 3.63) is 70.8 Å². The number of nitrogens with zero attached hydrogens (tertiary/aromatic N) is 2. The molecule has 2 aromatic rings. The number of benzene rings is 2. The van der Waals surface area contributed by atoms with E-state index in [4.69, 9.17) is 0 Å². The fraction of sp³-hybridized carbons (Fsp3) is 0.480. The smallest absolute Gasteiger partial charge is 0.314 e. The maximum Gasteiger partial charge on any atom is 0.314 e. The molecule has 31 heavy (non-hydrogen) atoms. The molecule has 1 aliphatic heterocycles. The number of β-amino-alcohol motifs (C(OH)–C–C–N with tert-alkyl or cyclic N) is 1. The molecule has 3 N–H and O–H groups in total. The number of rotatable bonds is 9. The third-order valence-corrected chi connectivity index (χ3v) is 6.03. The first-order valence-electron chi connectivity index (χ1n) is 11.2. The third kappa shape index (κ3) is 6.79. The van der Waals surface area contributed by atoms with Crippen molar-refractivity contribution in [3.8, 4) is 0 Å². The Bertz CT molecular complexity index is 838. The van der Waals surface area contributed by atoms with Crippen LogP contribution in [0.2, 0.25) is 0 Å². The largest absolute Gasteiger partial charge is 0.390 e. The summed E-state index contributed by atoms with van der Waals surface area (Å²) in [4.78, 5) is 16.6. The van der Waals surface area contributed by atoms with Crippen LogP contribution in [-0.4, -0.2) is 67.3 Å². The molecule has 0 aliphatic carbocycles. The zero-order valence-electron chi connectivity index (χ0n) is 19.0. The molecule has 0 bridgehead atoms. The highest BCUT2D eigenvalue weighted by molar-refractivity contribution is 5.73. The lowest BCUT2D eigenvalue weighted by Crippen LogP contribution is -2.46. The molecule has 168 valence electrons. The lowest BCUT2D eigenvalue weighted by atomic mass is 10.00. The number of aliphatic hydroxyl groups excluding tert-OH is 1. The van der Waals surface area contributed by atoms with Crippen molar-refractivity contribution in [1.29, 1.82) is 0 Å². The zero-order valence-corrected chi connectivity index (χ0v) is 19.0. The minimum atomic E-state index is -0.595. The molecule has 1 heterocycles. The average molecular weight is 425 g/mol. The summed E-state index contributed by atoms with van der Waals surface area (Å²) in [5.41, 5.74) is 5.20. The summed E-state index contributed by atoms with van der Waals surface area (Å²) in [6, 6.07) is 16.8. The minimum Gasteiger partial charge on any atom is -0.390 e. The first-order valence-corrected chi connectivity index (χ1v) is 11.2. The van der Waals surface area contributed by atoms with Gasteiger partial charge in [0, 0.05) is 32.7 Å². The fourth-order valence-corrected chi connectivity index (χ4v) is 4.11. The Morgan fingerprint density at radius 1 is 1.06 bits per heavy atom. The predicted molar refractivity (Wildman–Crippen MR) is 125 cm³/mol. The molecular weight excluding hydrogens is 388 g/mol. The maximum absolute atomic E-state index is 12.3. The standard InChI is InChI=1S/C25H36N4O2/c1-4-19-9-11-21(12-10-19)24(28(2)3)16-27-25(31)26-15-23(30)18-29-14-13-20-7-5-6-8-22(20)17-29/h5-12,23-24,30H,4,13-18H2,1-3H3,(H2,26,27,31). The van der Waals surface area contributed by atoms with Gasteiger partial charge in [0.1, 0.15) is 0 Å². The molecule has 2 aromatic carbocycles. The van der Waals surface area contributed by atoms with E-state index in [1.807, 2.05) is 14.1 Å². The fourth-order valence-electron chi connectivity index (χ4n) is 4.11. The predicted octanol–water partition coefficient (Wildman–Crippen LogP) is 2.57. The Morgan fingerprint density at radius 2 is 1.74 bits per heavy atom. The van der Waals surface area contributed by atoms with Crippen LogP contribution in [0.4, 0.5) is 4.79 Å². The molecule has 0 saturated heterocycles. The van der Waals surface area contributed by atoms with Crippen molar-refractivity contribution < 1.29 is 9.90 Å². The van der Waals surface area contributed by atoms with E-state index >= 15 is 0 Å². The van der Waals surface area contributed by atoms with Gasteiger partial charge in [0.05, 0.1) is 12.1 Å². The number of fused-ring (bicyclic) bond motifs is 1. The summed E-state index contributed by atoms with van der Waals surface area (Å²) in [6.07, 6.45) is 1.42. The first-order chi connectivity index (χ1) is 15.0. The summed E-state index contributed by atoms with van der Waals surface area (Å²) >= 11 is 0. The Kier molecular flexibility index (Phi) is 8.46. The lowest BCUT2D eigenvalue weighted by Gasteiger charge is -2.30. The Balaban J connectivity index is 1.41. The van der Waals surface area contributed by atoms with E-state index in [2.05, 4.69) is 75.9 Å². The second kappa shape index (κ2) is 11.3. The molecule has 6 nitrogen and oxygen atoms in total. The number of carbonyl (C=O) groups excluding carboxylic acids is 1. The van der Waals surface area contributed by atoms with Crippen LogP contribution in [0.5, 0.6) is 0 Å². The van der Waals surface area contributed by atoms with Gasteiger partial charge >= 0.3 is 6.03 Å². The van der Waals surface area contributed by atoms with E-state index in [1.165, 1.54) is 22.3 Å². The summed E-state index contributed by atoms with van der Waals surface area (Å²) in [5.74, 6) is 0. The number of hydrogen-bond donors (Lipinski definition) is 3. The van der Waals surface area contributed by atoms with Gasteiger partial charge in [-0.25, -0.2) is 4.79 Å². The molecule has 0 radical (unpaired) electrons. The highest BCUT2D eigenvalue weighted by Crippen LogP contribution is 2.19. The van der Waals surface area contributed by atoms with Gasteiger partial charge in [0.25, 0.3) is 0 Å². The number of aryl methyl sites for hydroxylation is 1. The molecule has 0 fully saturated rings. The zero-order chi connectivity index (χ0) is 22.2. The first kappa shape index (κ1) is 23.3. The highest BCUT2D eigenvalue weighted by atomic mass is 16.3. The van der Waals surface area contributed by atoms with Crippen LogP contribution in [0, 0.1) is 0 Å². The van der Waals surface area contributed by atoms with Crippen LogP contribution < -0.4 is 10.6 Å². The van der Waals surface area contributed by atoms with Crippen LogP contribution >= 0.6 is 0 Å². The van der Waals surface area contributed by atoms with Gasteiger partial charge in [-0.2, -0.15) is 0 Å². The van der Waals surface area contributed by atoms with Gasteiger partial charge in [0.2, 0.25) is 0 Å². The van der Waals surface area contributed by atoms with Gasteiger partial charge < -0.3 is 20.6 Å². The van der Waals surface area contributed by atoms with Crippen molar-refractivity contribution in [1.82, 2.24) is 20.4 Å². The normalized spacial score (nSPS) is 15.9. The maximum atomic E-state index is 12.3. The third-order valence-electron chi connectivity index (χ3n) is 6.03. The van der Waals surface area contributed by atoms with E-state index < -0.39 is 6.10 Å². The van der Waals surface area contributed by atoms with Crippen LogP contribution in [-0.2, 0) is 19.4 Å². The van der Waals surface area contributed by atoms with Crippen molar-refractivity contribution in [2.24, 2.45) is 0 Å². The highest BCUT2D eigenvalue weighted by Gasteiger charge is 2.19. The number of hydrogen-bond acceptors (Lipinski definition) is 4.